The van der Waals surface area contributed by atoms with Crippen LogP contribution < -0.4 is 15.8 Å². The van der Waals surface area contributed by atoms with Gasteiger partial charge in [0.05, 0.1) is 6.61 Å². The molecular weight excluding hydrogens is 475 g/mol. The van der Waals surface area contributed by atoms with Crippen LogP contribution >= 0.6 is 0 Å². The third-order valence-corrected chi connectivity index (χ3v) is 7.48. The van der Waals surface area contributed by atoms with Crippen LogP contribution in [-0.4, -0.2) is 47.1 Å². The highest BCUT2D eigenvalue weighted by molar-refractivity contribution is 5.97. The van der Waals surface area contributed by atoms with Crippen LogP contribution in [0, 0.1) is 5.95 Å². The van der Waals surface area contributed by atoms with Crippen molar-refractivity contribution in [2.24, 2.45) is 0 Å². The Labute approximate surface area is 213 Å². The van der Waals surface area contributed by atoms with E-state index >= 15 is 4.39 Å². The van der Waals surface area contributed by atoms with Gasteiger partial charge in [-0.25, -0.2) is 4.98 Å². The minimum absolute atomic E-state index is 0.0510. The second kappa shape index (κ2) is 8.85. The molecule has 2 amide bonds. The summed E-state index contributed by atoms with van der Waals surface area (Å²) in [6.07, 6.45) is 1.90. The zero-order chi connectivity index (χ0) is 25.7. The normalized spacial score (nSPS) is 18.0. The number of amides is 2. The number of nitrogens with one attached hydrogen (secondary N) is 1. The molecule has 9 heteroatoms. The molecule has 0 radical (unpaired) electrons. The number of halogens is 1. The molecule has 3 aromatic rings. The minimum Gasteiger partial charge on any atom is -0.462 e. The summed E-state index contributed by atoms with van der Waals surface area (Å²) in [6.45, 7) is 3.64. The van der Waals surface area contributed by atoms with Crippen LogP contribution in [0.2, 0.25) is 0 Å². The average molecular weight is 503 g/mol. The molecule has 8 nitrogen and oxygen atoms in total. The molecule has 1 fully saturated rings. The first-order chi connectivity index (χ1) is 17.8. The van der Waals surface area contributed by atoms with Crippen LogP contribution in [0.4, 0.5) is 10.2 Å². The standard InChI is InChI=1S/C28H27FN4O4/c1-16(34)33-10-7-28(8-11-33)36-15-20-13-17(3-5-24(20)37-28)22-14-23(26(30)32-25(22)29)18-2-4-21-19(12-18)6-9-31-27(21)35/h2-5,12-14H,6-11,15H2,1H3,(H2,30,32)(H,31,35). The minimum atomic E-state index is -0.745. The molecule has 3 N–H and O–H groups in total. The number of nitrogens with zero attached hydrogens (tertiary/aromatic N) is 2. The molecule has 4 heterocycles. The Hall–Kier alpha value is -3.98. The number of hydrogen-bond donors (Lipinski definition) is 2. The first-order valence-corrected chi connectivity index (χ1v) is 12.4. The Morgan fingerprint density at radius 3 is 2.57 bits per heavy atom. The quantitative estimate of drug-likeness (QED) is 0.518. The molecular formula is C28H27FN4O4. The Morgan fingerprint density at radius 1 is 1.05 bits per heavy atom. The summed E-state index contributed by atoms with van der Waals surface area (Å²) in [7, 11) is 0. The van der Waals surface area contributed by atoms with Crippen LogP contribution in [0.1, 0.15) is 41.3 Å². The van der Waals surface area contributed by atoms with E-state index < -0.39 is 11.7 Å². The van der Waals surface area contributed by atoms with Gasteiger partial charge < -0.3 is 25.4 Å². The second-order valence-electron chi connectivity index (χ2n) is 9.77. The molecule has 1 spiro atoms. The summed E-state index contributed by atoms with van der Waals surface area (Å²) in [5.74, 6) is -0.665. The van der Waals surface area contributed by atoms with Gasteiger partial charge in [-0.05, 0) is 47.4 Å². The lowest BCUT2D eigenvalue weighted by Crippen LogP contribution is -2.52. The summed E-state index contributed by atoms with van der Waals surface area (Å²) in [6, 6.07) is 12.7. The van der Waals surface area contributed by atoms with Crippen LogP contribution in [0.25, 0.3) is 22.3 Å². The number of pyridine rings is 1. The molecule has 3 aliphatic heterocycles. The summed E-state index contributed by atoms with van der Waals surface area (Å²) in [5, 5.41) is 2.84. The SMILES string of the molecule is CC(=O)N1CCC2(CC1)OCc1cc(-c3cc(-c4ccc5c(c4)CCNC5=O)c(N)nc3F)ccc1O2. The van der Waals surface area contributed by atoms with Crippen molar-refractivity contribution in [1.29, 1.82) is 0 Å². The first-order valence-electron chi connectivity index (χ1n) is 12.4. The largest absolute Gasteiger partial charge is 0.462 e. The Bertz CT molecular complexity index is 1430. The number of fused-ring (bicyclic) bond motifs is 2. The molecule has 0 bridgehead atoms. The van der Waals surface area contributed by atoms with Gasteiger partial charge in [0.1, 0.15) is 11.6 Å². The highest BCUT2D eigenvalue weighted by Crippen LogP contribution is 2.40. The maximum Gasteiger partial charge on any atom is 0.251 e. The maximum absolute atomic E-state index is 15.0. The van der Waals surface area contributed by atoms with Gasteiger partial charge in [0, 0.05) is 61.7 Å². The summed E-state index contributed by atoms with van der Waals surface area (Å²) in [4.78, 5) is 29.6. The predicted octanol–water partition coefficient (Wildman–Crippen LogP) is 3.67. The van der Waals surface area contributed by atoms with Crippen molar-refractivity contribution in [3.63, 3.8) is 0 Å². The topological polar surface area (TPSA) is 107 Å². The lowest BCUT2D eigenvalue weighted by atomic mass is 9.93. The average Bonchev–Trinajstić information content (AvgIpc) is 2.89. The highest BCUT2D eigenvalue weighted by Gasteiger charge is 2.41. The number of piperidine rings is 1. The van der Waals surface area contributed by atoms with Crippen LogP contribution in [0.15, 0.2) is 42.5 Å². The van der Waals surface area contributed by atoms with Crippen LogP contribution in [0.3, 0.4) is 0 Å². The number of hydrogen-bond acceptors (Lipinski definition) is 6. The lowest BCUT2D eigenvalue weighted by molar-refractivity contribution is -0.227. The van der Waals surface area contributed by atoms with E-state index in [1.54, 1.807) is 30.0 Å². The molecule has 1 aromatic heterocycles. The van der Waals surface area contributed by atoms with Crippen molar-refractivity contribution < 1.29 is 23.5 Å². The number of rotatable bonds is 2. The van der Waals surface area contributed by atoms with E-state index in [1.165, 1.54) is 0 Å². The fraction of sp³-hybridized carbons (Fsp3) is 0.321. The zero-order valence-corrected chi connectivity index (χ0v) is 20.5. The van der Waals surface area contributed by atoms with Crippen LogP contribution in [0.5, 0.6) is 5.75 Å². The van der Waals surface area contributed by atoms with Crippen molar-refractivity contribution >= 4 is 17.6 Å². The third-order valence-electron chi connectivity index (χ3n) is 7.48. The van der Waals surface area contributed by atoms with Crippen molar-refractivity contribution in [2.75, 3.05) is 25.4 Å². The van der Waals surface area contributed by atoms with Crippen LogP contribution in [-0.2, 0) is 22.6 Å². The Kier molecular flexibility index (Phi) is 5.60. The smallest absolute Gasteiger partial charge is 0.251 e. The van der Waals surface area contributed by atoms with E-state index in [0.717, 1.165) is 23.1 Å². The van der Waals surface area contributed by atoms with E-state index in [0.29, 0.717) is 67.1 Å². The molecule has 0 saturated carbocycles. The summed E-state index contributed by atoms with van der Waals surface area (Å²) in [5.41, 5.74) is 10.8. The number of aromatic nitrogens is 1. The number of carbonyl (C=O) groups is 2. The third kappa shape index (κ3) is 4.19. The molecule has 0 unspecified atom stereocenters. The molecule has 6 rings (SSSR count). The second-order valence-corrected chi connectivity index (χ2v) is 9.77. The number of nitrogen functional groups attached to an aromatic ring is 1. The number of anilines is 1. The Morgan fingerprint density at radius 2 is 1.78 bits per heavy atom. The van der Waals surface area contributed by atoms with E-state index in [-0.39, 0.29) is 17.6 Å². The molecule has 1 saturated heterocycles. The van der Waals surface area contributed by atoms with Gasteiger partial charge >= 0.3 is 0 Å². The van der Waals surface area contributed by atoms with E-state index in [1.807, 2.05) is 24.3 Å². The van der Waals surface area contributed by atoms with Gasteiger partial charge in [-0.2, -0.15) is 4.39 Å². The van der Waals surface area contributed by atoms with Crippen molar-refractivity contribution in [3.05, 3.63) is 65.1 Å². The lowest BCUT2D eigenvalue weighted by Gasteiger charge is -2.43. The number of likely N-dealkylation sites (tertiary alicyclic amines) is 1. The summed E-state index contributed by atoms with van der Waals surface area (Å²) < 4.78 is 27.4. The maximum atomic E-state index is 15.0. The number of nitrogens with two attached hydrogens (primary N) is 1. The fourth-order valence-corrected chi connectivity index (χ4v) is 5.34. The number of benzene rings is 2. The van der Waals surface area contributed by atoms with Gasteiger partial charge in [0.15, 0.2) is 0 Å². The number of carbonyl (C=O) groups excluding carboxylic acids is 2. The number of ether oxygens (including phenoxy) is 2. The Balaban J connectivity index is 1.29. The summed E-state index contributed by atoms with van der Waals surface area (Å²) >= 11 is 0. The fourth-order valence-electron chi connectivity index (χ4n) is 5.34. The first kappa shape index (κ1) is 23.4. The highest BCUT2D eigenvalue weighted by atomic mass is 19.1. The van der Waals surface area contributed by atoms with Gasteiger partial charge in [-0.1, -0.05) is 18.2 Å². The molecule has 0 aliphatic carbocycles. The molecule has 37 heavy (non-hydrogen) atoms. The predicted molar refractivity (Wildman–Crippen MR) is 135 cm³/mol. The van der Waals surface area contributed by atoms with E-state index in [9.17, 15) is 9.59 Å². The van der Waals surface area contributed by atoms with Gasteiger partial charge in [0.25, 0.3) is 5.91 Å². The monoisotopic (exact) mass is 502 g/mol. The zero-order valence-electron chi connectivity index (χ0n) is 20.5. The van der Waals surface area contributed by atoms with Gasteiger partial charge in [0.2, 0.25) is 17.6 Å². The van der Waals surface area contributed by atoms with Crippen molar-refractivity contribution in [2.45, 2.75) is 38.6 Å². The molecule has 190 valence electrons. The van der Waals surface area contributed by atoms with E-state index in [4.69, 9.17) is 15.2 Å². The van der Waals surface area contributed by atoms with Gasteiger partial charge in [-0.3, -0.25) is 9.59 Å². The van der Waals surface area contributed by atoms with Gasteiger partial charge in [-0.15, -0.1) is 0 Å². The van der Waals surface area contributed by atoms with E-state index in [2.05, 4.69) is 10.3 Å². The molecule has 3 aliphatic rings. The van der Waals surface area contributed by atoms with Crippen molar-refractivity contribution in [3.8, 4) is 28.0 Å². The molecule has 2 aromatic carbocycles. The molecule has 0 atom stereocenters. The van der Waals surface area contributed by atoms with Crippen molar-refractivity contribution in [1.82, 2.24) is 15.2 Å².